The van der Waals surface area contributed by atoms with E-state index in [4.69, 9.17) is 0 Å². The molecule has 0 aliphatic carbocycles. The third-order valence-corrected chi connectivity index (χ3v) is 6.01. The Morgan fingerprint density at radius 2 is 2.07 bits per heavy atom. The van der Waals surface area contributed by atoms with Crippen LogP contribution >= 0.6 is 11.8 Å². The molecule has 10 heteroatoms. The number of aryl methyl sites for hydroxylation is 1. The largest absolute Gasteiger partial charge is 0.380 e. The Hall–Kier alpha value is -3.40. The molecule has 9 nitrogen and oxygen atoms in total. The van der Waals surface area contributed by atoms with Gasteiger partial charge in [0.05, 0.1) is 9.82 Å². The van der Waals surface area contributed by atoms with Crippen molar-refractivity contribution >= 4 is 29.0 Å². The molecule has 154 valence electrons. The molecule has 1 aliphatic heterocycles. The summed E-state index contributed by atoms with van der Waals surface area (Å²) in [6.07, 6.45) is 2.35. The molecule has 1 unspecified atom stereocenters. The molecule has 0 radical (unpaired) electrons. The van der Waals surface area contributed by atoms with Crippen molar-refractivity contribution in [2.75, 3.05) is 18.4 Å². The number of nitrogens with zero attached hydrogens (tertiary/aromatic N) is 5. The van der Waals surface area contributed by atoms with Gasteiger partial charge in [0.1, 0.15) is 6.33 Å². The molecule has 2 heterocycles. The fourth-order valence-electron chi connectivity index (χ4n) is 3.36. The minimum absolute atomic E-state index is 0.119. The van der Waals surface area contributed by atoms with E-state index >= 15 is 0 Å². The van der Waals surface area contributed by atoms with Crippen molar-refractivity contribution in [1.82, 2.24) is 19.7 Å². The lowest BCUT2D eigenvalue weighted by molar-refractivity contribution is -0.387. The molecule has 1 aromatic heterocycles. The second-order valence-electron chi connectivity index (χ2n) is 7.01. The summed E-state index contributed by atoms with van der Waals surface area (Å²) < 4.78 is 1.68. The van der Waals surface area contributed by atoms with Crippen LogP contribution in [0.25, 0.3) is 0 Å². The summed E-state index contributed by atoms with van der Waals surface area (Å²) in [4.78, 5) is 26.2. The average Bonchev–Trinajstić information content (AvgIpc) is 3.37. The van der Waals surface area contributed by atoms with Gasteiger partial charge in [-0.1, -0.05) is 18.2 Å². The molecular formula is C20H20N6O3S. The highest BCUT2D eigenvalue weighted by molar-refractivity contribution is 7.99. The predicted octanol–water partition coefficient (Wildman–Crippen LogP) is 3.20. The van der Waals surface area contributed by atoms with Gasteiger partial charge >= 0.3 is 0 Å². The molecular weight excluding hydrogens is 404 g/mol. The van der Waals surface area contributed by atoms with Crippen molar-refractivity contribution in [3.05, 3.63) is 70.5 Å². The zero-order valence-electron chi connectivity index (χ0n) is 16.3. The van der Waals surface area contributed by atoms with Gasteiger partial charge in [0.15, 0.2) is 5.16 Å². The Balaban J connectivity index is 1.48. The third kappa shape index (κ3) is 4.28. The number of aromatic nitrogens is 3. The smallest absolute Gasteiger partial charge is 0.284 e. The topological polar surface area (TPSA) is 106 Å². The van der Waals surface area contributed by atoms with Gasteiger partial charge in [-0.05, 0) is 42.4 Å². The minimum atomic E-state index is -0.473. The molecule has 30 heavy (non-hydrogen) atoms. The molecule has 4 rings (SSSR count). The van der Waals surface area contributed by atoms with Gasteiger partial charge in [0.2, 0.25) is 0 Å². The second kappa shape index (κ2) is 8.54. The number of likely N-dealkylation sites (tertiary alicyclic amines) is 1. The quantitative estimate of drug-likeness (QED) is 0.478. The second-order valence-corrected chi connectivity index (χ2v) is 8.02. The van der Waals surface area contributed by atoms with Crippen molar-refractivity contribution in [1.29, 1.82) is 0 Å². The average molecular weight is 424 g/mol. The molecule has 0 bridgehead atoms. The standard InChI is InChI=1S/C20H20N6O3S/c1-24-13-21-23-20(24)30-18-8-7-14(11-17(18)26(28)29)19(27)25-10-9-16(12-25)22-15-5-3-2-4-6-15/h2-8,11,13,16,22H,9-10,12H2,1H3. The number of para-hydroxylation sites is 1. The first-order valence-corrected chi connectivity index (χ1v) is 10.2. The summed E-state index contributed by atoms with van der Waals surface area (Å²) in [5, 5.41) is 23.3. The summed E-state index contributed by atoms with van der Waals surface area (Å²) in [7, 11) is 1.76. The lowest BCUT2D eigenvalue weighted by Crippen LogP contribution is -2.31. The monoisotopic (exact) mass is 424 g/mol. The van der Waals surface area contributed by atoms with Gasteiger partial charge in [-0.2, -0.15) is 0 Å². The number of nitrogens with one attached hydrogen (secondary N) is 1. The predicted molar refractivity (Wildman–Crippen MR) is 113 cm³/mol. The van der Waals surface area contributed by atoms with Crippen molar-refractivity contribution in [3.63, 3.8) is 0 Å². The van der Waals surface area contributed by atoms with Crippen LogP contribution < -0.4 is 5.32 Å². The van der Waals surface area contributed by atoms with E-state index in [2.05, 4.69) is 15.5 Å². The highest BCUT2D eigenvalue weighted by atomic mass is 32.2. The van der Waals surface area contributed by atoms with E-state index in [-0.39, 0.29) is 17.6 Å². The fourth-order valence-corrected chi connectivity index (χ4v) is 4.21. The van der Waals surface area contributed by atoms with Crippen LogP contribution in [0.2, 0.25) is 0 Å². The van der Waals surface area contributed by atoms with E-state index in [1.807, 2.05) is 30.3 Å². The number of nitro benzene ring substituents is 1. The SMILES string of the molecule is Cn1cnnc1Sc1ccc(C(=O)N2CCC(Nc3ccccc3)C2)cc1[N+](=O)[O-]. The number of rotatable bonds is 6. The molecule has 0 spiro atoms. The number of carbonyl (C=O) groups is 1. The van der Waals surface area contributed by atoms with Crippen LogP contribution in [0, 0.1) is 10.1 Å². The maximum atomic E-state index is 12.9. The third-order valence-electron chi connectivity index (χ3n) is 4.89. The van der Waals surface area contributed by atoms with Crippen LogP contribution in [0.3, 0.4) is 0 Å². The molecule has 1 fully saturated rings. The zero-order valence-corrected chi connectivity index (χ0v) is 17.1. The van der Waals surface area contributed by atoms with Gasteiger partial charge in [-0.25, -0.2) is 0 Å². The summed E-state index contributed by atoms with van der Waals surface area (Å²) in [6.45, 7) is 1.16. The Morgan fingerprint density at radius 1 is 1.27 bits per heavy atom. The minimum Gasteiger partial charge on any atom is -0.380 e. The number of hydrogen-bond donors (Lipinski definition) is 1. The highest BCUT2D eigenvalue weighted by Gasteiger charge is 2.28. The van der Waals surface area contributed by atoms with Gasteiger partial charge in [0.25, 0.3) is 11.6 Å². The Kier molecular flexibility index (Phi) is 5.66. The van der Waals surface area contributed by atoms with Gasteiger partial charge in [0, 0.05) is 43.5 Å². The normalized spacial score (nSPS) is 15.9. The Bertz CT molecular complexity index is 1070. The number of carbonyl (C=O) groups excluding carboxylic acids is 1. The van der Waals surface area contributed by atoms with E-state index in [1.165, 1.54) is 12.4 Å². The van der Waals surface area contributed by atoms with Crippen LogP contribution in [-0.2, 0) is 7.05 Å². The highest BCUT2D eigenvalue weighted by Crippen LogP contribution is 2.34. The summed E-state index contributed by atoms with van der Waals surface area (Å²) in [6, 6.07) is 14.6. The maximum Gasteiger partial charge on any atom is 0.284 e. The van der Waals surface area contributed by atoms with Crippen molar-refractivity contribution in [2.45, 2.75) is 22.5 Å². The number of nitro groups is 1. The number of anilines is 1. The molecule has 1 saturated heterocycles. The van der Waals surface area contributed by atoms with E-state index in [0.29, 0.717) is 28.7 Å². The van der Waals surface area contributed by atoms with E-state index in [0.717, 1.165) is 23.9 Å². The summed E-state index contributed by atoms with van der Waals surface area (Å²) in [5.74, 6) is -0.203. The molecule has 3 aromatic rings. The first kappa shape index (κ1) is 19.9. The number of amides is 1. The van der Waals surface area contributed by atoms with Crippen LogP contribution in [0.4, 0.5) is 11.4 Å². The molecule has 1 amide bonds. The first-order valence-electron chi connectivity index (χ1n) is 9.42. The van der Waals surface area contributed by atoms with Gasteiger partial charge < -0.3 is 14.8 Å². The van der Waals surface area contributed by atoms with Crippen molar-refractivity contribution in [2.24, 2.45) is 7.05 Å². The molecule has 1 N–H and O–H groups in total. The van der Waals surface area contributed by atoms with Gasteiger partial charge in [-0.15, -0.1) is 10.2 Å². The first-order chi connectivity index (χ1) is 14.5. The van der Waals surface area contributed by atoms with E-state index < -0.39 is 4.92 Å². The molecule has 1 atom stereocenters. The molecule has 2 aromatic carbocycles. The number of benzene rings is 2. The van der Waals surface area contributed by atoms with Crippen LogP contribution in [0.15, 0.2) is 64.9 Å². The zero-order chi connectivity index (χ0) is 21.1. The van der Waals surface area contributed by atoms with Crippen molar-refractivity contribution in [3.8, 4) is 0 Å². The lowest BCUT2D eigenvalue weighted by Gasteiger charge is -2.18. The molecule has 0 saturated carbocycles. The van der Waals surface area contributed by atoms with Gasteiger partial charge in [-0.3, -0.25) is 14.9 Å². The van der Waals surface area contributed by atoms with Crippen LogP contribution in [-0.4, -0.2) is 49.6 Å². The summed E-state index contributed by atoms with van der Waals surface area (Å²) in [5.41, 5.74) is 1.20. The van der Waals surface area contributed by atoms with Crippen LogP contribution in [0.5, 0.6) is 0 Å². The maximum absolute atomic E-state index is 12.9. The molecule has 1 aliphatic rings. The van der Waals surface area contributed by atoms with E-state index in [9.17, 15) is 14.9 Å². The fraction of sp³-hybridized carbons (Fsp3) is 0.250. The lowest BCUT2D eigenvalue weighted by atomic mass is 10.2. The number of hydrogen-bond acceptors (Lipinski definition) is 7. The van der Waals surface area contributed by atoms with Crippen molar-refractivity contribution < 1.29 is 9.72 Å². The summed E-state index contributed by atoms with van der Waals surface area (Å²) >= 11 is 1.14. The van der Waals surface area contributed by atoms with E-state index in [1.54, 1.807) is 28.6 Å². The Labute approximate surface area is 177 Å². The Morgan fingerprint density at radius 3 is 2.77 bits per heavy atom. The van der Waals surface area contributed by atoms with Crippen LogP contribution in [0.1, 0.15) is 16.8 Å².